The fourth-order valence-electron chi connectivity index (χ4n) is 2.09. The predicted molar refractivity (Wildman–Crippen MR) is 75.3 cm³/mol. The van der Waals surface area contributed by atoms with E-state index in [2.05, 4.69) is 48.4 Å². The summed E-state index contributed by atoms with van der Waals surface area (Å²) in [6.07, 6.45) is 2.92. The largest absolute Gasteiger partial charge is 0.304 e. The second-order valence-electron chi connectivity index (χ2n) is 4.96. The highest BCUT2D eigenvalue weighted by atomic mass is 19.1. The van der Waals surface area contributed by atoms with Crippen molar-refractivity contribution in [3.63, 3.8) is 0 Å². The normalized spacial score (nSPS) is 14.1. The molecule has 0 spiro atoms. The van der Waals surface area contributed by atoms with Crippen molar-refractivity contribution in [1.82, 2.24) is 10.3 Å². The van der Waals surface area contributed by atoms with Crippen LogP contribution in [0.1, 0.15) is 42.6 Å². The van der Waals surface area contributed by atoms with E-state index in [1.54, 1.807) is 6.20 Å². The molecule has 2 rings (SSSR count). The van der Waals surface area contributed by atoms with Crippen LogP contribution in [0.4, 0.5) is 4.39 Å². The van der Waals surface area contributed by atoms with E-state index >= 15 is 0 Å². The summed E-state index contributed by atoms with van der Waals surface area (Å²) in [6, 6.07) is 10.2. The second-order valence-corrected chi connectivity index (χ2v) is 4.96. The van der Waals surface area contributed by atoms with E-state index in [9.17, 15) is 4.39 Å². The van der Waals surface area contributed by atoms with Gasteiger partial charge in [-0.25, -0.2) is 4.39 Å². The van der Waals surface area contributed by atoms with Gasteiger partial charge in [0, 0.05) is 18.3 Å². The molecule has 2 atom stereocenters. The fraction of sp³-hybridized carbons (Fsp3) is 0.312. The van der Waals surface area contributed by atoms with Crippen LogP contribution in [-0.2, 0) is 0 Å². The Hall–Kier alpha value is -1.74. The molecule has 2 nitrogen and oxygen atoms in total. The van der Waals surface area contributed by atoms with Crippen molar-refractivity contribution >= 4 is 0 Å². The van der Waals surface area contributed by atoms with Crippen molar-refractivity contribution < 1.29 is 4.39 Å². The summed E-state index contributed by atoms with van der Waals surface area (Å²) in [5.74, 6) is -0.297. The highest BCUT2D eigenvalue weighted by molar-refractivity contribution is 5.24. The van der Waals surface area contributed by atoms with Gasteiger partial charge in [-0.2, -0.15) is 0 Å². The summed E-state index contributed by atoms with van der Waals surface area (Å²) in [7, 11) is 0. The van der Waals surface area contributed by atoms with Gasteiger partial charge < -0.3 is 5.32 Å². The number of benzene rings is 1. The quantitative estimate of drug-likeness (QED) is 0.898. The van der Waals surface area contributed by atoms with Gasteiger partial charge in [0.2, 0.25) is 0 Å². The van der Waals surface area contributed by atoms with Gasteiger partial charge in [-0.15, -0.1) is 0 Å². The summed E-state index contributed by atoms with van der Waals surface area (Å²) in [5, 5.41) is 3.45. The Morgan fingerprint density at radius 1 is 1.00 bits per heavy atom. The fourth-order valence-corrected chi connectivity index (χ4v) is 2.09. The molecule has 0 aliphatic heterocycles. The SMILES string of the molecule is Cc1ccc([C@@H](C)NC(C)c2cncc(F)c2)cc1. The van der Waals surface area contributed by atoms with Crippen LogP contribution in [0, 0.1) is 12.7 Å². The minimum atomic E-state index is -0.297. The topological polar surface area (TPSA) is 24.9 Å². The molecule has 1 aromatic heterocycles. The van der Waals surface area contributed by atoms with Crippen LogP contribution in [0.3, 0.4) is 0 Å². The Bertz CT molecular complexity index is 537. The molecule has 1 N–H and O–H groups in total. The van der Waals surface area contributed by atoms with Crippen LogP contribution >= 0.6 is 0 Å². The molecule has 0 fully saturated rings. The maximum Gasteiger partial charge on any atom is 0.141 e. The zero-order valence-electron chi connectivity index (χ0n) is 11.5. The van der Waals surface area contributed by atoms with Crippen molar-refractivity contribution in [2.75, 3.05) is 0 Å². The van der Waals surface area contributed by atoms with E-state index in [1.165, 1.54) is 23.4 Å². The Morgan fingerprint density at radius 2 is 1.63 bits per heavy atom. The molecule has 0 bridgehead atoms. The van der Waals surface area contributed by atoms with Gasteiger partial charge in [0.05, 0.1) is 6.20 Å². The molecule has 1 unspecified atom stereocenters. The molecule has 0 saturated heterocycles. The Labute approximate surface area is 113 Å². The Balaban J connectivity index is 2.06. The number of rotatable bonds is 4. The lowest BCUT2D eigenvalue weighted by Gasteiger charge is -2.20. The number of nitrogens with one attached hydrogen (secondary N) is 1. The van der Waals surface area contributed by atoms with Crippen molar-refractivity contribution in [3.05, 3.63) is 65.2 Å². The number of halogens is 1. The van der Waals surface area contributed by atoms with Crippen LogP contribution in [0.15, 0.2) is 42.7 Å². The average Bonchev–Trinajstić information content (AvgIpc) is 2.39. The summed E-state index contributed by atoms with van der Waals surface area (Å²) in [6.45, 7) is 6.19. The van der Waals surface area contributed by atoms with Crippen LogP contribution in [0.25, 0.3) is 0 Å². The van der Waals surface area contributed by atoms with Crippen molar-refractivity contribution in [1.29, 1.82) is 0 Å². The molecule has 1 heterocycles. The molecule has 0 saturated carbocycles. The molecule has 2 aromatic rings. The van der Waals surface area contributed by atoms with Gasteiger partial charge >= 0.3 is 0 Å². The number of pyridine rings is 1. The van der Waals surface area contributed by atoms with E-state index in [4.69, 9.17) is 0 Å². The predicted octanol–water partition coefficient (Wildman–Crippen LogP) is 3.94. The zero-order valence-corrected chi connectivity index (χ0v) is 11.5. The molecular formula is C16H19FN2. The summed E-state index contributed by atoms with van der Waals surface area (Å²) < 4.78 is 13.1. The zero-order chi connectivity index (χ0) is 13.8. The maximum absolute atomic E-state index is 13.1. The third-order valence-electron chi connectivity index (χ3n) is 3.30. The third kappa shape index (κ3) is 3.61. The number of aryl methyl sites for hydroxylation is 1. The highest BCUT2D eigenvalue weighted by Crippen LogP contribution is 2.19. The molecule has 19 heavy (non-hydrogen) atoms. The molecule has 0 aliphatic rings. The number of nitrogens with zero attached hydrogens (tertiary/aromatic N) is 1. The number of hydrogen-bond donors (Lipinski definition) is 1. The van der Waals surface area contributed by atoms with E-state index in [1.807, 2.05) is 6.92 Å². The van der Waals surface area contributed by atoms with Gasteiger partial charge in [-0.05, 0) is 38.0 Å². The first-order valence-electron chi connectivity index (χ1n) is 6.49. The van der Waals surface area contributed by atoms with Gasteiger partial charge in [-0.3, -0.25) is 4.98 Å². The monoisotopic (exact) mass is 258 g/mol. The average molecular weight is 258 g/mol. The summed E-state index contributed by atoms with van der Waals surface area (Å²) >= 11 is 0. The van der Waals surface area contributed by atoms with Crippen molar-refractivity contribution in [2.45, 2.75) is 32.9 Å². The van der Waals surface area contributed by atoms with Crippen molar-refractivity contribution in [3.8, 4) is 0 Å². The van der Waals surface area contributed by atoms with Crippen LogP contribution < -0.4 is 5.32 Å². The van der Waals surface area contributed by atoms with E-state index in [0.29, 0.717) is 0 Å². The lowest BCUT2D eigenvalue weighted by Crippen LogP contribution is -2.22. The molecule has 3 heteroatoms. The molecule has 100 valence electrons. The van der Waals surface area contributed by atoms with Crippen molar-refractivity contribution in [2.24, 2.45) is 0 Å². The first-order chi connectivity index (χ1) is 9.06. The Morgan fingerprint density at radius 3 is 2.26 bits per heavy atom. The lowest BCUT2D eigenvalue weighted by atomic mass is 10.0. The highest BCUT2D eigenvalue weighted by Gasteiger charge is 2.11. The van der Waals surface area contributed by atoms with Gasteiger partial charge in [-0.1, -0.05) is 29.8 Å². The van der Waals surface area contributed by atoms with Crippen LogP contribution in [-0.4, -0.2) is 4.98 Å². The Kier molecular flexibility index (Phi) is 4.27. The lowest BCUT2D eigenvalue weighted by molar-refractivity contribution is 0.490. The molecule has 0 radical (unpaired) electrons. The standard InChI is InChI=1S/C16H19FN2/c1-11-4-6-14(7-5-11)12(2)19-13(3)15-8-16(17)10-18-9-15/h4-10,12-13,19H,1-3H3/t12-,13?/m1/s1. The van der Waals surface area contributed by atoms with Gasteiger partial charge in [0.15, 0.2) is 0 Å². The van der Waals surface area contributed by atoms with Crippen LogP contribution in [0.2, 0.25) is 0 Å². The van der Waals surface area contributed by atoms with E-state index in [-0.39, 0.29) is 17.9 Å². The second kappa shape index (κ2) is 5.93. The van der Waals surface area contributed by atoms with Gasteiger partial charge in [0.25, 0.3) is 0 Å². The number of aromatic nitrogens is 1. The van der Waals surface area contributed by atoms with Crippen LogP contribution in [0.5, 0.6) is 0 Å². The smallest absolute Gasteiger partial charge is 0.141 e. The van der Waals surface area contributed by atoms with E-state index < -0.39 is 0 Å². The van der Waals surface area contributed by atoms with Gasteiger partial charge in [0.1, 0.15) is 5.82 Å². The minimum Gasteiger partial charge on any atom is -0.304 e. The minimum absolute atomic E-state index is 0.0551. The first-order valence-corrected chi connectivity index (χ1v) is 6.49. The third-order valence-corrected chi connectivity index (χ3v) is 3.30. The molecule has 0 amide bonds. The van der Waals surface area contributed by atoms with E-state index in [0.717, 1.165) is 5.56 Å². The molecular weight excluding hydrogens is 239 g/mol. The molecule has 0 aliphatic carbocycles. The summed E-state index contributed by atoms with van der Waals surface area (Å²) in [5.41, 5.74) is 3.33. The molecule has 1 aromatic carbocycles. The summed E-state index contributed by atoms with van der Waals surface area (Å²) in [4.78, 5) is 3.88. The number of hydrogen-bond acceptors (Lipinski definition) is 2. The maximum atomic E-state index is 13.1. The first kappa shape index (κ1) is 13.7.